The van der Waals surface area contributed by atoms with Gasteiger partial charge in [0, 0.05) is 0 Å². The third kappa shape index (κ3) is 3.33. The second kappa shape index (κ2) is 6.53. The number of benzene rings is 1. The number of nitrogens with one attached hydrogen (secondary N) is 1. The zero-order chi connectivity index (χ0) is 16.3. The Morgan fingerprint density at radius 1 is 1.45 bits per heavy atom. The Morgan fingerprint density at radius 3 is 2.68 bits per heavy atom. The summed E-state index contributed by atoms with van der Waals surface area (Å²) in [6.07, 6.45) is 1.09. The summed E-state index contributed by atoms with van der Waals surface area (Å²) >= 11 is 0. The highest BCUT2D eigenvalue weighted by Gasteiger charge is 2.40. The topological polar surface area (TPSA) is 41.6 Å². The molecule has 1 aliphatic rings. The minimum Gasteiger partial charge on any atom is -0.348 e. The molecule has 0 saturated carbocycles. The highest BCUT2D eigenvalue weighted by Crippen LogP contribution is 2.34. The van der Waals surface area contributed by atoms with Crippen molar-refractivity contribution in [2.24, 2.45) is 0 Å². The molecular weight excluding hydrogens is 276 g/mol. The lowest BCUT2D eigenvalue weighted by molar-refractivity contribution is -0.226. The summed E-state index contributed by atoms with van der Waals surface area (Å²) in [6.45, 7) is 12.2. The summed E-state index contributed by atoms with van der Waals surface area (Å²) in [5.41, 5.74) is 1.50. The van der Waals surface area contributed by atoms with Crippen LogP contribution in [0.3, 0.4) is 0 Å². The maximum Gasteiger partial charge on any atom is 0.222 e. The summed E-state index contributed by atoms with van der Waals surface area (Å²) in [5, 5.41) is 4.82. The van der Waals surface area contributed by atoms with Crippen molar-refractivity contribution in [3.63, 3.8) is 0 Å². The van der Waals surface area contributed by atoms with Gasteiger partial charge in [-0.25, -0.2) is 5.06 Å². The van der Waals surface area contributed by atoms with Crippen LogP contribution in [0.5, 0.6) is 0 Å². The molecule has 2 rings (SSSR count). The Hall–Kier alpha value is -1.81. The van der Waals surface area contributed by atoms with Crippen molar-refractivity contribution in [1.29, 1.82) is 0 Å². The standard InChI is InChI=1S/C18H26N2O2/c1-6-18(5)12-17(21)19-13(2)14(3)20(18)22-15(4)16-10-8-7-9-11-16/h7-11,13,15H,3,6,12H2,1-2,4-5H3,(H,19,21). The first-order valence-corrected chi connectivity index (χ1v) is 7.87. The molecule has 1 aromatic carbocycles. The largest absolute Gasteiger partial charge is 0.348 e. The summed E-state index contributed by atoms with van der Waals surface area (Å²) in [6, 6.07) is 9.94. The molecule has 3 atom stereocenters. The van der Waals surface area contributed by atoms with E-state index in [2.05, 4.69) is 18.8 Å². The Kier molecular flexibility index (Phi) is 4.91. The minimum atomic E-state index is -0.394. The van der Waals surface area contributed by atoms with Crippen LogP contribution >= 0.6 is 0 Å². The molecule has 1 saturated heterocycles. The predicted octanol–water partition coefficient (Wildman–Crippen LogP) is 3.57. The molecule has 3 unspecified atom stereocenters. The van der Waals surface area contributed by atoms with Crippen molar-refractivity contribution in [1.82, 2.24) is 10.4 Å². The van der Waals surface area contributed by atoms with E-state index >= 15 is 0 Å². The van der Waals surface area contributed by atoms with Gasteiger partial charge in [-0.05, 0) is 32.8 Å². The quantitative estimate of drug-likeness (QED) is 0.924. The van der Waals surface area contributed by atoms with Crippen LogP contribution in [-0.2, 0) is 9.63 Å². The molecule has 0 bridgehead atoms. The molecule has 0 radical (unpaired) electrons. The molecule has 0 spiro atoms. The van der Waals surface area contributed by atoms with Gasteiger partial charge in [0.2, 0.25) is 5.91 Å². The second-order valence-corrected chi connectivity index (χ2v) is 6.26. The van der Waals surface area contributed by atoms with Crippen molar-refractivity contribution in [3.8, 4) is 0 Å². The fourth-order valence-electron chi connectivity index (χ4n) is 2.72. The van der Waals surface area contributed by atoms with E-state index in [1.54, 1.807) is 0 Å². The molecule has 1 aliphatic heterocycles. The number of nitrogens with zero attached hydrogens (tertiary/aromatic N) is 1. The highest BCUT2D eigenvalue weighted by molar-refractivity contribution is 5.78. The molecule has 1 fully saturated rings. The molecule has 1 aromatic rings. The molecule has 1 amide bonds. The molecule has 1 heterocycles. The Balaban J connectivity index is 2.27. The number of rotatable bonds is 4. The summed E-state index contributed by atoms with van der Waals surface area (Å²) in [5.74, 6) is 0.0384. The zero-order valence-electron chi connectivity index (χ0n) is 13.9. The first-order chi connectivity index (χ1) is 10.4. The number of hydrogen-bond donors (Lipinski definition) is 1. The first kappa shape index (κ1) is 16.6. The Morgan fingerprint density at radius 2 is 2.09 bits per heavy atom. The molecule has 4 nitrogen and oxygen atoms in total. The van der Waals surface area contributed by atoms with Crippen molar-refractivity contribution in [2.75, 3.05) is 0 Å². The molecule has 0 aromatic heterocycles. The fraction of sp³-hybridized carbons (Fsp3) is 0.500. The van der Waals surface area contributed by atoms with Gasteiger partial charge >= 0.3 is 0 Å². The van der Waals surface area contributed by atoms with Gasteiger partial charge in [0.15, 0.2) is 0 Å². The van der Waals surface area contributed by atoms with Gasteiger partial charge in [-0.2, -0.15) is 0 Å². The van der Waals surface area contributed by atoms with Crippen LogP contribution in [0.2, 0.25) is 0 Å². The van der Waals surface area contributed by atoms with Crippen LogP contribution in [0.1, 0.15) is 52.2 Å². The van der Waals surface area contributed by atoms with E-state index in [1.165, 1.54) is 0 Å². The van der Waals surface area contributed by atoms with Gasteiger partial charge < -0.3 is 5.32 Å². The number of carbonyl (C=O) groups excluding carboxylic acids is 1. The van der Waals surface area contributed by atoms with Crippen molar-refractivity contribution < 1.29 is 9.63 Å². The molecule has 0 aliphatic carbocycles. The van der Waals surface area contributed by atoms with Crippen LogP contribution in [0.15, 0.2) is 42.6 Å². The van der Waals surface area contributed by atoms with Crippen LogP contribution in [-0.4, -0.2) is 22.6 Å². The Labute approximate surface area is 133 Å². The van der Waals surface area contributed by atoms with Crippen molar-refractivity contribution >= 4 is 5.91 Å². The predicted molar refractivity (Wildman–Crippen MR) is 87.8 cm³/mol. The van der Waals surface area contributed by atoms with Crippen LogP contribution < -0.4 is 5.32 Å². The second-order valence-electron chi connectivity index (χ2n) is 6.26. The van der Waals surface area contributed by atoms with Gasteiger partial charge in [0.1, 0.15) is 6.10 Å². The average molecular weight is 302 g/mol. The number of carbonyl (C=O) groups is 1. The Bertz CT molecular complexity index is 543. The monoisotopic (exact) mass is 302 g/mol. The normalized spacial score (nSPS) is 27.3. The smallest absolute Gasteiger partial charge is 0.222 e. The number of amides is 1. The van der Waals surface area contributed by atoms with E-state index in [4.69, 9.17) is 4.84 Å². The van der Waals surface area contributed by atoms with Gasteiger partial charge in [-0.3, -0.25) is 9.63 Å². The maximum absolute atomic E-state index is 12.1. The number of hydrogen-bond acceptors (Lipinski definition) is 3. The molecule has 120 valence electrons. The molecule has 4 heteroatoms. The lowest BCUT2D eigenvalue weighted by Gasteiger charge is -2.42. The van der Waals surface area contributed by atoms with E-state index in [-0.39, 0.29) is 18.1 Å². The van der Waals surface area contributed by atoms with Crippen molar-refractivity contribution in [3.05, 3.63) is 48.2 Å². The fourth-order valence-corrected chi connectivity index (χ4v) is 2.72. The minimum absolute atomic E-state index is 0.0384. The van der Waals surface area contributed by atoms with E-state index in [0.717, 1.165) is 17.7 Å². The summed E-state index contributed by atoms with van der Waals surface area (Å²) < 4.78 is 0. The molecular formula is C18H26N2O2. The van der Waals surface area contributed by atoms with Crippen molar-refractivity contribution in [2.45, 2.75) is 58.2 Å². The lowest BCUT2D eigenvalue weighted by atomic mass is 9.93. The average Bonchev–Trinajstić information content (AvgIpc) is 2.58. The SMILES string of the molecule is C=C1C(C)NC(=O)CC(C)(CC)N1OC(C)c1ccccc1. The van der Waals surface area contributed by atoms with E-state index in [1.807, 2.05) is 56.2 Å². The number of hydroxylamine groups is 2. The summed E-state index contributed by atoms with van der Waals surface area (Å²) in [7, 11) is 0. The van der Waals surface area contributed by atoms with Crippen LogP contribution in [0, 0.1) is 0 Å². The third-order valence-electron chi connectivity index (χ3n) is 4.46. The highest BCUT2D eigenvalue weighted by atomic mass is 16.7. The zero-order valence-corrected chi connectivity index (χ0v) is 13.9. The van der Waals surface area contributed by atoms with E-state index in [0.29, 0.717) is 6.42 Å². The van der Waals surface area contributed by atoms with Crippen LogP contribution in [0.25, 0.3) is 0 Å². The third-order valence-corrected chi connectivity index (χ3v) is 4.46. The lowest BCUT2D eigenvalue weighted by Crippen LogP contribution is -2.46. The van der Waals surface area contributed by atoms with Crippen LogP contribution in [0.4, 0.5) is 0 Å². The van der Waals surface area contributed by atoms with Gasteiger partial charge in [0.25, 0.3) is 0 Å². The van der Waals surface area contributed by atoms with E-state index in [9.17, 15) is 4.79 Å². The van der Waals surface area contributed by atoms with Gasteiger partial charge in [-0.1, -0.05) is 43.8 Å². The first-order valence-electron chi connectivity index (χ1n) is 7.87. The van der Waals surface area contributed by atoms with Gasteiger partial charge in [-0.15, -0.1) is 0 Å². The molecule has 1 N–H and O–H groups in total. The van der Waals surface area contributed by atoms with Gasteiger partial charge in [0.05, 0.1) is 23.7 Å². The summed E-state index contributed by atoms with van der Waals surface area (Å²) in [4.78, 5) is 18.3. The van der Waals surface area contributed by atoms with E-state index < -0.39 is 5.54 Å². The molecule has 22 heavy (non-hydrogen) atoms. The maximum atomic E-state index is 12.1.